The number of hydrogen-bond donors (Lipinski definition) is 1. The van der Waals surface area contributed by atoms with Gasteiger partial charge in [0.25, 0.3) is 0 Å². The summed E-state index contributed by atoms with van der Waals surface area (Å²) in [6, 6.07) is 12.4. The lowest BCUT2D eigenvalue weighted by molar-refractivity contribution is -0.119. The number of aromatic nitrogens is 2. The van der Waals surface area contributed by atoms with Crippen LogP contribution in [0.25, 0.3) is 5.69 Å². The third-order valence-corrected chi connectivity index (χ3v) is 8.11. The van der Waals surface area contributed by atoms with Crippen LogP contribution in [-0.2, 0) is 14.8 Å². The van der Waals surface area contributed by atoms with Gasteiger partial charge < -0.3 is 5.32 Å². The number of imidazole rings is 1. The summed E-state index contributed by atoms with van der Waals surface area (Å²) in [5, 5.41) is 3.71. The van der Waals surface area contributed by atoms with Gasteiger partial charge in [-0.3, -0.25) is 9.36 Å². The summed E-state index contributed by atoms with van der Waals surface area (Å²) < 4.78 is 27.6. The van der Waals surface area contributed by atoms with Crippen molar-refractivity contribution in [3.05, 3.63) is 71.5 Å². The van der Waals surface area contributed by atoms with Crippen molar-refractivity contribution < 1.29 is 13.2 Å². The molecule has 1 heterocycles. The molecule has 0 saturated carbocycles. The van der Waals surface area contributed by atoms with Crippen molar-refractivity contribution in [2.24, 2.45) is 0 Å². The Hall–Kier alpha value is -2.62. The van der Waals surface area contributed by atoms with Crippen LogP contribution in [-0.4, -0.2) is 48.0 Å². The van der Waals surface area contributed by atoms with E-state index in [-0.39, 0.29) is 22.6 Å². The molecule has 0 aliphatic carbocycles. The Morgan fingerprint density at radius 3 is 2.50 bits per heavy atom. The number of benzene rings is 2. The molecule has 1 amide bonds. The van der Waals surface area contributed by atoms with Crippen LogP contribution in [0.2, 0.25) is 0 Å². The van der Waals surface area contributed by atoms with Gasteiger partial charge in [0.1, 0.15) is 0 Å². The highest BCUT2D eigenvalue weighted by Gasteiger charge is 2.18. The van der Waals surface area contributed by atoms with Crippen LogP contribution in [0.15, 0.2) is 64.9 Å². The molecule has 0 saturated heterocycles. The van der Waals surface area contributed by atoms with E-state index in [0.717, 1.165) is 16.4 Å². The number of carbonyl (C=O) groups is 1. The maximum absolute atomic E-state index is 12.5. The molecule has 2 aromatic carbocycles. The highest BCUT2D eigenvalue weighted by molar-refractivity contribution is 7.99. The summed E-state index contributed by atoms with van der Waals surface area (Å²) in [6.07, 6.45) is 3.63. The Kier molecular flexibility index (Phi) is 7.43. The number of thioether (sulfide) groups is 1. The molecule has 0 radical (unpaired) electrons. The van der Waals surface area contributed by atoms with E-state index in [1.165, 1.54) is 41.3 Å². The quantitative estimate of drug-likeness (QED) is 0.505. The standard InChI is InChI=1S/C23H28N4O3S2/c1-16-7-6-8-21(17(16)2)27-14-13-24-23(27)31-15-22(28)25-18(3)19-9-11-20(12-10-19)32(29,30)26(4)5/h6-14,18H,15H2,1-5H3,(H,25,28). The second-order valence-electron chi connectivity index (χ2n) is 7.73. The molecule has 1 unspecified atom stereocenters. The number of rotatable bonds is 8. The molecule has 0 spiro atoms. The zero-order valence-corrected chi connectivity index (χ0v) is 20.5. The van der Waals surface area contributed by atoms with Crippen molar-refractivity contribution in [1.29, 1.82) is 0 Å². The third-order valence-electron chi connectivity index (χ3n) is 5.31. The van der Waals surface area contributed by atoms with Gasteiger partial charge in [-0.15, -0.1) is 0 Å². The first kappa shape index (κ1) is 24.0. The van der Waals surface area contributed by atoms with Gasteiger partial charge in [0, 0.05) is 26.5 Å². The molecule has 3 aromatic rings. The summed E-state index contributed by atoms with van der Waals surface area (Å²) in [4.78, 5) is 17.2. The van der Waals surface area contributed by atoms with Crippen molar-refractivity contribution in [1.82, 2.24) is 19.2 Å². The van der Waals surface area contributed by atoms with Crippen LogP contribution >= 0.6 is 11.8 Å². The predicted octanol–water partition coefficient (Wildman–Crippen LogP) is 3.71. The topological polar surface area (TPSA) is 84.3 Å². The molecule has 1 N–H and O–H groups in total. The van der Waals surface area contributed by atoms with E-state index in [4.69, 9.17) is 0 Å². The van der Waals surface area contributed by atoms with E-state index < -0.39 is 10.0 Å². The Balaban J connectivity index is 1.63. The number of amides is 1. The molecular weight excluding hydrogens is 444 g/mol. The molecule has 7 nitrogen and oxygen atoms in total. The highest BCUT2D eigenvalue weighted by Crippen LogP contribution is 2.24. The number of carbonyl (C=O) groups excluding carboxylic acids is 1. The lowest BCUT2D eigenvalue weighted by atomic mass is 10.1. The molecule has 0 fully saturated rings. The third kappa shape index (κ3) is 5.23. The first-order valence-corrected chi connectivity index (χ1v) is 12.6. The number of sulfonamides is 1. The van der Waals surface area contributed by atoms with E-state index >= 15 is 0 Å². The van der Waals surface area contributed by atoms with Gasteiger partial charge in [-0.1, -0.05) is 36.0 Å². The van der Waals surface area contributed by atoms with Gasteiger partial charge in [-0.2, -0.15) is 0 Å². The summed E-state index contributed by atoms with van der Waals surface area (Å²) in [5.74, 6) is 0.0993. The number of nitrogens with one attached hydrogen (secondary N) is 1. The molecule has 170 valence electrons. The zero-order chi connectivity index (χ0) is 23.5. The van der Waals surface area contributed by atoms with Crippen LogP contribution in [0.4, 0.5) is 0 Å². The van der Waals surface area contributed by atoms with Crippen LogP contribution in [0.5, 0.6) is 0 Å². The van der Waals surface area contributed by atoms with E-state index in [1.54, 1.807) is 30.5 Å². The zero-order valence-electron chi connectivity index (χ0n) is 18.9. The van der Waals surface area contributed by atoms with Gasteiger partial charge in [0.05, 0.1) is 22.4 Å². The fourth-order valence-corrected chi connectivity index (χ4v) is 4.89. The lowest BCUT2D eigenvalue weighted by Gasteiger charge is -2.16. The minimum Gasteiger partial charge on any atom is -0.349 e. The second-order valence-corrected chi connectivity index (χ2v) is 10.8. The van der Waals surface area contributed by atoms with Gasteiger partial charge in [0.15, 0.2) is 5.16 Å². The fourth-order valence-electron chi connectivity index (χ4n) is 3.21. The van der Waals surface area contributed by atoms with Gasteiger partial charge >= 0.3 is 0 Å². The normalized spacial score (nSPS) is 12.7. The largest absolute Gasteiger partial charge is 0.349 e. The van der Waals surface area contributed by atoms with Crippen LogP contribution < -0.4 is 5.32 Å². The van der Waals surface area contributed by atoms with Gasteiger partial charge in [0.2, 0.25) is 15.9 Å². The molecule has 1 aromatic heterocycles. The smallest absolute Gasteiger partial charge is 0.242 e. The van der Waals surface area contributed by atoms with Crippen molar-refractivity contribution in [2.75, 3.05) is 19.8 Å². The van der Waals surface area contributed by atoms with E-state index in [9.17, 15) is 13.2 Å². The summed E-state index contributed by atoms with van der Waals surface area (Å²) in [5.41, 5.74) is 4.25. The average molecular weight is 473 g/mol. The molecule has 32 heavy (non-hydrogen) atoms. The second kappa shape index (κ2) is 9.89. The van der Waals surface area contributed by atoms with E-state index in [2.05, 4.69) is 30.2 Å². The first-order valence-electron chi connectivity index (χ1n) is 10.2. The predicted molar refractivity (Wildman–Crippen MR) is 128 cm³/mol. The van der Waals surface area contributed by atoms with Gasteiger partial charge in [-0.25, -0.2) is 17.7 Å². The summed E-state index contributed by atoms with van der Waals surface area (Å²) in [6.45, 7) is 6.01. The van der Waals surface area contributed by atoms with E-state index in [0.29, 0.717) is 0 Å². The molecule has 1 atom stereocenters. The Morgan fingerprint density at radius 1 is 1.16 bits per heavy atom. The first-order chi connectivity index (χ1) is 15.1. The minimum absolute atomic E-state index is 0.122. The molecule has 0 bridgehead atoms. The lowest BCUT2D eigenvalue weighted by Crippen LogP contribution is -2.28. The summed E-state index contributed by atoms with van der Waals surface area (Å²) in [7, 11) is -0.485. The van der Waals surface area contributed by atoms with Gasteiger partial charge in [-0.05, 0) is 55.7 Å². The average Bonchev–Trinajstić information content (AvgIpc) is 3.22. The monoisotopic (exact) mass is 472 g/mol. The Morgan fingerprint density at radius 2 is 1.84 bits per heavy atom. The van der Waals surface area contributed by atoms with Crippen molar-refractivity contribution in [3.8, 4) is 5.69 Å². The highest BCUT2D eigenvalue weighted by atomic mass is 32.2. The maximum atomic E-state index is 12.5. The van der Waals surface area contributed by atoms with Crippen molar-refractivity contribution in [2.45, 2.75) is 36.9 Å². The Labute approximate surface area is 193 Å². The van der Waals surface area contributed by atoms with E-state index in [1.807, 2.05) is 29.8 Å². The summed E-state index contributed by atoms with van der Waals surface area (Å²) >= 11 is 1.37. The maximum Gasteiger partial charge on any atom is 0.242 e. The van der Waals surface area contributed by atoms with Crippen molar-refractivity contribution >= 4 is 27.7 Å². The number of aryl methyl sites for hydroxylation is 1. The molecular formula is C23H28N4O3S2. The van der Waals surface area contributed by atoms with Crippen LogP contribution in [0, 0.1) is 13.8 Å². The minimum atomic E-state index is -3.48. The number of nitrogens with zero attached hydrogens (tertiary/aromatic N) is 3. The fraction of sp³-hybridized carbons (Fsp3) is 0.304. The number of hydrogen-bond acceptors (Lipinski definition) is 5. The van der Waals surface area contributed by atoms with Crippen molar-refractivity contribution in [3.63, 3.8) is 0 Å². The Bertz CT molecular complexity index is 1200. The molecule has 0 aliphatic heterocycles. The van der Waals surface area contributed by atoms with Crippen LogP contribution in [0.1, 0.15) is 29.7 Å². The molecule has 0 aliphatic rings. The molecule has 9 heteroatoms. The SMILES string of the molecule is Cc1cccc(-n2ccnc2SCC(=O)NC(C)c2ccc(S(=O)(=O)N(C)C)cc2)c1C. The van der Waals surface area contributed by atoms with Crippen LogP contribution in [0.3, 0.4) is 0 Å². The molecule has 3 rings (SSSR count).